The first-order valence-electron chi connectivity index (χ1n) is 8.35. The molecule has 0 radical (unpaired) electrons. The molecule has 0 aromatic heterocycles. The molecule has 3 N–H and O–H groups in total. The second-order valence-electron chi connectivity index (χ2n) is 6.73. The third-order valence-electron chi connectivity index (χ3n) is 4.43. The maximum absolute atomic E-state index is 6.18. The molecule has 0 heterocycles. The van der Waals surface area contributed by atoms with E-state index in [0.717, 1.165) is 35.5 Å². The zero-order valence-electron chi connectivity index (χ0n) is 13.7. The van der Waals surface area contributed by atoms with Crippen LogP contribution in [0.5, 0.6) is 5.75 Å². The van der Waals surface area contributed by atoms with E-state index in [-0.39, 0.29) is 6.10 Å². The van der Waals surface area contributed by atoms with Crippen LogP contribution >= 0.6 is 0 Å². The number of hydrogen-bond acceptors (Lipinski definition) is 3. The minimum atomic E-state index is 0.145. The van der Waals surface area contributed by atoms with Crippen molar-refractivity contribution in [1.82, 2.24) is 0 Å². The van der Waals surface area contributed by atoms with Gasteiger partial charge in [0.15, 0.2) is 0 Å². The second kappa shape index (κ2) is 7.58. The summed E-state index contributed by atoms with van der Waals surface area (Å²) < 4.78 is 5.73. The summed E-state index contributed by atoms with van der Waals surface area (Å²) in [6.45, 7) is 7.40. The van der Waals surface area contributed by atoms with E-state index in [2.05, 4.69) is 12.2 Å². The van der Waals surface area contributed by atoms with Crippen molar-refractivity contribution in [3.8, 4) is 5.75 Å². The van der Waals surface area contributed by atoms with E-state index in [0.29, 0.717) is 0 Å². The van der Waals surface area contributed by atoms with Gasteiger partial charge in [-0.2, -0.15) is 0 Å². The lowest BCUT2D eigenvalue weighted by atomic mass is 9.81. The highest BCUT2D eigenvalue weighted by molar-refractivity contribution is 5.72. The van der Waals surface area contributed by atoms with Gasteiger partial charge >= 0.3 is 0 Å². The SMILES string of the molecule is CC1CCC(CCNc2cccc(OC(C)C)c2N)CC1. The van der Waals surface area contributed by atoms with Gasteiger partial charge < -0.3 is 15.8 Å². The molecule has 0 unspecified atom stereocenters. The Kier molecular flexibility index (Phi) is 5.77. The minimum Gasteiger partial charge on any atom is -0.489 e. The van der Waals surface area contributed by atoms with Crippen molar-refractivity contribution in [3.05, 3.63) is 18.2 Å². The molecule has 0 aliphatic heterocycles. The van der Waals surface area contributed by atoms with Gasteiger partial charge in [0, 0.05) is 6.54 Å². The number of nitrogens with two attached hydrogens (primary N) is 1. The molecule has 1 aromatic rings. The predicted octanol–water partition coefficient (Wildman–Crippen LogP) is 4.68. The first-order chi connectivity index (χ1) is 10.1. The Hall–Kier alpha value is -1.38. The molecule has 3 heteroatoms. The quantitative estimate of drug-likeness (QED) is 0.747. The van der Waals surface area contributed by atoms with Crippen LogP contribution in [0.15, 0.2) is 18.2 Å². The summed E-state index contributed by atoms with van der Waals surface area (Å²) in [6.07, 6.45) is 6.94. The smallest absolute Gasteiger partial charge is 0.144 e. The Labute approximate surface area is 129 Å². The second-order valence-corrected chi connectivity index (χ2v) is 6.73. The van der Waals surface area contributed by atoms with Crippen LogP contribution in [0.3, 0.4) is 0 Å². The molecule has 2 rings (SSSR count). The maximum Gasteiger partial charge on any atom is 0.144 e. The van der Waals surface area contributed by atoms with Crippen molar-refractivity contribution >= 4 is 11.4 Å². The number of nitrogen functional groups attached to an aromatic ring is 1. The van der Waals surface area contributed by atoms with Crippen LogP contribution in [-0.4, -0.2) is 12.6 Å². The lowest BCUT2D eigenvalue weighted by molar-refractivity contribution is 0.244. The Morgan fingerprint density at radius 3 is 2.62 bits per heavy atom. The molecule has 0 saturated heterocycles. The highest BCUT2D eigenvalue weighted by Crippen LogP contribution is 2.32. The van der Waals surface area contributed by atoms with Crippen molar-refractivity contribution in [3.63, 3.8) is 0 Å². The topological polar surface area (TPSA) is 47.3 Å². The van der Waals surface area contributed by atoms with Crippen molar-refractivity contribution < 1.29 is 4.74 Å². The van der Waals surface area contributed by atoms with E-state index in [1.165, 1.54) is 32.1 Å². The molecule has 0 bridgehead atoms. The minimum absolute atomic E-state index is 0.145. The van der Waals surface area contributed by atoms with Crippen LogP contribution in [0.25, 0.3) is 0 Å². The predicted molar refractivity (Wildman–Crippen MR) is 90.8 cm³/mol. The molecular weight excluding hydrogens is 260 g/mol. The number of benzene rings is 1. The third-order valence-corrected chi connectivity index (χ3v) is 4.43. The maximum atomic E-state index is 6.18. The summed E-state index contributed by atoms with van der Waals surface area (Å²) in [5.74, 6) is 2.58. The summed E-state index contributed by atoms with van der Waals surface area (Å²) in [5, 5.41) is 3.48. The van der Waals surface area contributed by atoms with E-state index in [1.807, 2.05) is 32.0 Å². The number of rotatable bonds is 6. The van der Waals surface area contributed by atoms with Gasteiger partial charge in [0.25, 0.3) is 0 Å². The van der Waals surface area contributed by atoms with Gasteiger partial charge in [-0.05, 0) is 44.2 Å². The van der Waals surface area contributed by atoms with Gasteiger partial charge in [-0.3, -0.25) is 0 Å². The summed E-state index contributed by atoms with van der Waals surface area (Å²) in [6, 6.07) is 5.97. The molecule has 3 nitrogen and oxygen atoms in total. The average Bonchev–Trinajstić information content (AvgIpc) is 2.44. The van der Waals surface area contributed by atoms with Crippen LogP contribution in [0.4, 0.5) is 11.4 Å². The van der Waals surface area contributed by atoms with Crippen LogP contribution in [-0.2, 0) is 0 Å². The van der Waals surface area contributed by atoms with E-state index in [4.69, 9.17) is 10.5 Å². The lowest BCUT2D eigenvalue weighted by Crippen LogP contribution is -2.16. The van der Waals surface area contributed by atoms with Gasteiger partial charge in [-0.15, -0.1) is 0 Å². The van der Waals surface area contributed by atoms with E-state index < -0.39 is 0 Å². The summed E-state index contributed by atoms with van der Waals surface area (Å²) in [7, 11) is 0. The fourth-order valence-electron chi connectivity index (χ4n) is 3.08. The van der Waals surface area contributed by atoms with Crippen molar-refractivity contribution in [2.45, 2.75) is 59.0 Å². The van der Waals surface area contributed by atoms with Crippen molar-refractivity contribution in [2.24, 2.45) is 11.8 Å². The molecule has 1 aromatic carbocycles. The number of para-hydroxylation sites is 1. The van der Waals surface area contributed by atoms with Crippen LogP contribution in [0.2, 0.25) is 0 Å². The Balaban J connectivity index is 1.83. The highest BCUT2D eigenvalue weighted by atomic mass is 16.5. The number of nitrogens with one attached hydrogen (secondary N) is 1. The standard InChI is InChI=1S/C18H30N2O/c1-13(2)21-17-6-4-5-16(18(17)19)20-12-11-15-9-7-14(3)8-10-15/h4-6,13-15,20H,7-12,19H2,1-3H3. The zero-order chi connectivity index (χ0) is 15.2. The van der Waals surface area contributed by atoms with Gasteiger partial charge in [0.05, 0.1) is 17.5 Å². The average molecular weight is 290 g/mol. The van der Waals surface area contributed by atoms with Gasteiger partial charge in [-0.25, -0.2) is 0 Å². The Bertz CT molecular complexity index is 437. The van der Waals surface area contributed by atoms with Crippen LogP contribution in [0, 0.1) is 11.8 Å². The van der Waals surface area contributed by atoms with Gasteiger partial charge in [0.1, 0.15) is 5.75 Å². The molecule has 118 valence electrons. The van der Waals surface area contributed by atoms with Crippen LogP contribution in [0.1, 0.15) is 52.9 Å². The molecule has 1 aliphatic carbocycles. The van der Waals surface area contributed by atoms with Crippen LogP contribution < -0.4 is 15.8 Å². The third kappa shape index (κ3) is 4.83. The molecule has 0 atom stereocenters. The fraction of sp³-hybridized carbons (Fsp3) is 0.667. The number of hydrogen-bond donors (Lipinski definition) is 2. The summed E-state index contributed by atoms with van der Waals surface area (Å²) in [5.41, 5.74) is 7.90. The first-order valence-corrected chi connectivity index (χ1v) is 8.35. The van der Waals surface area contributed by atoms with Crippen molar-refractivity contribution in [2.75, 3.05) is 17.6 Å². The Morgan fingerprint density at radius 1 is 1.24 bits per heavy atom. The highest BCUT2D eigenvalue weighted by Gasteiger charge is 2.17. The largest absolute Gasteiger partial charge is 0.489 e. The molecule has 0 spiro atoms. The summed E-state index contributed by atoms with van der Waals surface area (Å²) >= 11 is 0. The zero-order valence-corrected chi connectivity index (χ0v) is 13.7. The summed E-state index contributed by atoms with van der Waals surface area (Å²) in [4.78, 5) is 0. The molecule has 1 saturated carbocycles. The normalized spacial score (nSPS) is 22.3. The molecule has 1 aliphatic rings. The molecule has 1 fully saturated rings. The molecular formula is C18H30N2O. The first kappa shape index (κ1) is 16.0. The number of anilines is 2. The van der Waals surface area contributed by atoms with E-state index >= 15 is 0 Å². The van der Waals surface area contributed by atoms with Gasteiger partial charge in [0.2, 0.25) is 0 Å². The Morgan fingerprint density at radius 2 is 1.95 bits per heavy atom. The molecule has 0 amide bonds. The molecule has 21 heavy (non-hydrogen) atoms. The number of ether oxygens (including phenoxy) is 1. The van der Waals surface area contributed by atoms with E-state index in [1.54, 1.807) is 0 Å². The van der Waals surface area contributed by atoms with E-state index in [9.17, 15) is 0 Å². The lowest BCUT2D eigenvalue weighted by Gasteiger charge is -2.26. The van der Waals surface area contributed by atoms with Gasteiger partial charge in [-0.1, -0.05) is 38.7 Å². The fourth-order valence-corrected chi connectivity index (χ4v) is 3.08. The van der Waals surface area contributed by atoms with Crippen molar-refractivity contribution in [1.29, 1.82) is 0 Å². The monoisotopic (exact) mass is 290 g/mol.